The largest absolute Gasteiger partial charge is 0.493 e. The lowest BCUT2D eigenvalue weighted by Crippen LogP contribution is -2.56. The molecule has 2 amide bonds. The minimum Gasteiger partial charge on any atom is -0.493 e. The van der Waals surface area contributed by atoms with Gasteiger partial charge in [0.05, 0.1) is 19.1 Å². The van der Waals surface area contributed by atoms with E-state index in [2.05, 4.69) is 24.1 Å². The maximum Gasteiger partial charge on any atom is 0.318 e. The summed E-state index contributed by atoms with van der Waals surface area (Å²) in [6, 6.07) is 15.6. The molecule has 2 unspecified atom stereocenters. The van der Waals surface area contributed by atoms with Crippen molar-refractivity contribution in [1.29, 1.82) is 0 Å². The van der Waals surface area contributed by atoms with Crippen molar-refractivity contribution in [2.24, 2.45) is 11.8 Å². The van der Waals surface area contributed by atoms with Crippen molar-refractivity contribution in [2.45, 2.75) is 53.2 Å². The third-order valence-corrected chi connectivity index (χ3v) is 6.45. The average Bonchev–Trinajstić information content (AvgIpc) is 2.86. The molecule has 2 aromatic rings. The molecule has 7 nitrogen and oxygen atoms in total. The van der Waals surface area contributed by atoms with E-state index >= 15 is 0 Å². The number of nitrogens with zero attached hydrogens (tertiary/aromatic N) is 2. The Bertz CT molecular complexity index is 975. The quantitative estimate of drug-likeness (QED) is 0.487. The first-order valence-corrected chi connectivity index (χ1v) is 12.9. The van der Waals surface area contributed by atoms with Crippen molar-refractivity contribution in [1.82, 2.24) is 15.1 Å². The molecule has 0 radical (unpaired) electrons. The summed E-state index contributed by atoms with van der Waals surface area (Å²) in [7, 11) is 2.00. The van der Waals surface area contributed by atoms with Crippen LogP contribution < -0.4 is 10.1 Å². The van der Waals surface area contributed by atoms with Gasteiger partial charge in [0, 0.05) is 25.7 Å². The van der Waals surface area contributed by atoms with Crippen LogP contribution in [0.25, 0.3) is 0 Å². The third-order valence-electron chi connectivity index (χ3n) is 6.45. The molecule has 1 aliphatic heterocycles. The molecule has 0 bridgehead atoms. The number of piperidine rings is 1. The molecule has 1 fully saturated rings. The Morgan fingerprint density at radius 1 is 1.08 bits per heavy atom. The molecule has 7 heteroatoms. The van der Waals surface area contributed by atoms with Crippen molar-refractivity contribution >= 4 is 12.0 Å². The van der Waals surface area contributed by atoms with Gasteiger partial charge in [0.25, 0.3) is 0 Å². The van der Waals surface area contributed by atoms with E-state index in [1.165, 1.54) is 5.56 Å². The predicted molar refractivity (Wildman–Crippen MR) is 142 cm³/mol. The van der Waals surface area contributed by atoms with Gasteiger partial charge in [0.1, 0.15) is 5.75 Å². The Balaban J connectivity index is 1.75. The van der Waals surface area contributed by atoms with E-state index in [1.54, 1.807) is 0 Å². The summed E-state index contributed by atoms with van der Waals surface area (Å²) in [4.78, 5) is 30.4. The minimum atomic E-state index is -0.391. The number of hydrogen-bond acceptors (Lipinski definition) is 5. The highest BCUT2D eigenvalue weighted by Crippen LogP contribution is 2.25. The van der Waals surface area contributed by atoms with Crippen molar-refractivity contribution < 1.29 is 19.1 Å². The molecule has 1 N–H and O–H groups in total. The van der Waals surface area contributed by atoms with E-state index in [-0.39, 0.29) is 18.0 Å². The second-order valence-corrected chi connectivity index (χ2v) is 10.1. The molecular weight excluding hydrogens is 454 g/mol. The third kappa shape index (κ3) is 7.98. The second-order valence-electron chi connectivity index (χ2n) is 10.1. The van der Waals surface area contributed by atoms with Gasteiger partial charge in [0.15, 0.2) is 0 Å². The van der Waals surface area contributed by atoms with Crippen LogP contribution in [0.1, 0.15) is 43.9 Å². The van der Waals surface area contributed by atoms with E-state index in [4.69, 9.17) is 9.47 Å². The fourth-order valence-corrected chi connectivity index (χ4v) is 4.43. The van der Waals surface area contributed by atoms with Crippen molar-refractivity contribution in [2.75, 3.05) is 33.4 Å². The predicted octanol–water partition coefficient (Wildman–Crippen LogP) is 4.63. The summed E-state index contributed by atoms with van der Waals surface area (Å²) < 4.78 is 11.2. The summed E-state index contributed by atoms with van der Waals surface area (Å²) in [6.45, 7) is 11.3. The molecular formula is C29H41N3O4. The number of aryl methyl sites for hydroxylation is 1. The first-order chi connectivity index (χ1) is 17.3. The highest BCUT2D eigenvalue weighted by atomic mass is 16.5. The van der Waals surface area contributed by atoms with Gasteiger partial charge in [-0.25, -0.2) is 4.79 Å². The van der Waals surface area contributed by atoms with E-state index in [0.29, 0.717) is 45.2 Å². The van der Waals surface area contributed by atoms with Gasteiger partial charge in [-0.1, -0.05) is 55.8 Å². The highest BCUT2D eigenvalue weighted by Gasteiger charge is 2.39. The molecule has 1 aliphatic rings. The van der Waals surface area contributed by atoms with Crippen molar-refractivity contribution in [3.63, 3.8) is 0 Å². The van der Waals surface area contributed by atoms with Crippen molar-refractivity contribution in [3.05, 3.63) is 65.2 Å². The van der Waals surface area contributed by atoms with E-state index in [9.17, 15) is 9.59 Å². The van der Waals surface area contributed by atoms with Crippen LogP contribution in [0.3, 0.4) is 0 Å². The molecule has 1 heterocycles. The first kappa shape index (κ1) is 27.5. The molecule has 2 atom stereocenters. The molecule has 2 aromatic carbocycles. The number of carbonyl (C=O) groups excluding carboxylic acids is 2. The standard InChI is InChI=1S/C29H41N3O4/c1-6-35-28(33)26-19-31(5)16-15-27(26)32(18-24-9-7-22(4)8-10-24)29(34)30-17-23-11-13-25(14-12-23)36-20-21(2)3/h7-14,21,26-27H,6,15-20H2,1-5H3,(H,30,34). The average molecular weight is 496 g/mol. The first-order valence-electron chi connectivity index (χ1n) is 12.9. The molecule has 3 rings (SSSR count). The van der Waals surface area contributed by atoms with E-state index < -0.39 is 5.92 Å². The van der Waals surface area contributed by atoms with Crippen LogP contribution in [0.15, 0.2) is 48.5 Å². The van der Waals surface area contributed by atoms with Gasteiger partial charge in [-0.2, -0.15) is 0 Å². The lowest BCUT2D eigenvalue weighted by Gasteiger charge is -2.41. The van der Waals surface area contributed by atoms with Gasteiger partial charge in [-0.15, -0.1) is 0 Å². The summed E-state index contributed by atoms with van der Waals surface area (Å²) >= 11 is 0. The van der Waals surface area contributed by atoms with Crippen LogP contribution in [-0.4, -0.2) is 61.2 Å². The zero-order chi connectivity index (χ0) is 26.1. The van der Waals surface area contributed by atoms with E-state index in [0.717, 1.165) is 23.4 Å². The zero-order valence-corrected chi connectivity index (χ0v) is 22.3. The molecule has 196 valence electrons. The lowest BCUT2D eigenvalue weighted by atomic mass is 9.90. The minimum absolute atomic E-state index is 0.181. The fraction of sp³-hybridized carbons (Fsp3) is 0.517. The maximum atomic E-state index is 13.6. The van der Waals surface area contributed by atoms with Gasteiger partial charge in [0.2, 0.25) is 0 Å². The number of likely N-dealkylation sites (tertiary alicyclic amines) is 1. The maximum absolute atomic E-state index is 13.6. The molecule has 36 heavy (non-hydrogen) atoms. The normalized spacial score (nSPS) is 18.1. The summed E-state index contributed by atoms with van der Waals surface area (Å²) in [6.07, 6.45) is 0.709. The molecule has 0 aromatic heterocycles. The lowest BCUT2D eigenvalue weighted by molar-refractivity contribution is -0.152. The zero-order valence-electron chi connectivity index (χ0n) is 22.3. The fourth-order valence-electron chi connectivity index (χ4n) is 4.43. The van der Waals surface area contributed by atoms with Crippen molar-refractivity contribution in [3.8, 4) is 5.75 Å². The Morgan fingerprint density at radius 3 is 2.39 bits per heavy atom. The summed E-state index contributed by atoms with van der Waals surface area (Å²) in [5, 5.41) is 3.08. The molecule has 0 spiro atoms. The van der Waals surface area contributed by atoms with Crippen LogP contribution >= 0.6 is 0 Å². The smallest absolute Gasteiger partial charge is 0.318 e. The van der Waals surface area contributed by atoms with Crippen LogP contribution in [0.2, 0.25) is 0 Å². The van der Waals surface area contributed by atoms with Crippen LogP contribution in [0, 0.1) is 18.8 Å². The Kier molecular flexibility index (Phi) is 10.2. The number of hydrogen-bond donors (Lipinski definition) is 1. The number of nitrogens with one attached hydrogen (secondary N) is 1. The monoisotopic (exact) mass is 495 g/mol. The number of amides is 2. The number of rotatable bonds is 10. The van der Waals surface area contributed by atoms with Gasteiger partial charge in [-0.3, -0.25) is 4.79 Å². The molecule has 0 aliphatic carbocycles. The van der Waals surface area contributed by atoms with Crippen LogP contribution in [0.4, 0.5) is 4.79 Å². The Hall–Kier alpha value is -3.06. The highest BCUT2D eigenvalue weighted by molar-refractivity contribution is 5.78. The van der Waals surface area contributed by atoms with E-state index in [1.807, 2.05) is 74.3 Å². The van der Waals surface area contributed by atoms with Gasteiger partial charge in [-0.05, 0) is 63.0 Å². The topological polar surface area (TPSA) is 71.1 Å². The van der Waals surface area contributed by atoms with Crippen LogP contribution in [0.5, 0.6) is 5.75 Å². The number of esters is 1. The van der Waals surface area contributed by atoms with Gasteiger partial charge >= 0.3 is 12.0 Å². The summed E-state index contributed by atoms with van der Waals surface area (Å²) in [5.74, 6) is 0.648. The molecule has 0 saturated carbocycles. The second kappa shape index (κ2) is 13.3. The van der Waals surface area contributed by atoms with Crippen LogP contribution in [-0.2, 0) is 22.6 Å². The summed E-state index contributed by atoms with van der Waals surface area (Å²) in [5.41, 5.74) is 3.18. The number of benzene rings is 2. The number of carbonyl (C=O) groups is 2. The number of urea groups is 1. The Morgan fingerprint density at radius 2 is 1.75 bits per heavy atom. The SMILES string of the molecule is CCOC(=O)C1CN(C)CCC1N(Cc1ccc(C)cc1)C(=O)NCc1ccc(OCC(C)C)cc1. The van der Waals surface area contributed by atoms with Gasteiger partial charge < -0.3 is 24.6 Å². The Labute approximate surface area is 215 Å². The molecule has 1 saturated heterocycles. The number of ether oxygens (including phenoxy) is 2.